The Morgan fingerprint density at radius 1 is 1.15 bits per heavy atom. The Bertz CT molecular complexity index is 761. The number of urea groups is 1. The molecule has 0 aliphatic carbocycles. The van der Waals surface area contributed by atoms with Crippen molar-refractivity contribution < 1.29 is 27.2 Å². The number of benzene rings is 1. The second kappa shape index (κ2) is 9.11. The number of amides is 3. The Morgan fingerprint density at radius 3 is 2.52 bits per heavy atom. The zero-order valence-corrected chi connectivity index (χ0v) is 14.6. The van der Waals surface area contributed by atoms with Gasteiger partial charge in [-0.05, 0) is 30.7 Å². The topological polar surface area (TPSA) is 83.4 Å². The number of furan rings is 1. The van der Waals surface area contributed by atoms with Crippen LogP contribution >= 0.6 is 0 Å². The average molecular weight is 383 g/mol. The minimum atomic E-state index is -4.60. The van der Waals surface area contributed by atoms with E-state index < -0.39 is 29.7 Å². The number of anilines is 1. The Kier molecular flexibility index (Phi) is 6.86. The van der Waals surface area contributed by atoms with E-state index in [4.69, 9.17) is 4.42 Å². The summed E-state index contributed by atoms with van der Waals surface area (Å²) in [7, 11) is 0. The van der Waals surface area contributed by atoms with Crippen LogP contribution in [-0.2, 0) is 17.5 Å². The quantitative estimate of drug-likeness (QED) is 0.678. The first-order valence-corrected chi connectivity index (χ1v) is 8.35. The molecule has 1 atom stereocenters. The number of nitrogens with one attached hydrogen (secondary N) is 3. The summed E-state index contributed by atoms with van der Waals surface area (Å²) in [4.78, 5) is 24.4. The first-order valence-electron chi connectivity index (χ1n) is 8.35. The molecule has 0 saturated carbocycles. The number of carbonyl (C=O) groups is 2. The van der Waals surface area contributed by atoms with Crippen molar-refractivity contribution in [2.24, 2.45) is 0 Å². The summed E-state index contributed by atoms with van der Waals surface area (Å²) in [6.07, 6.45) is -2.21. The molecule has 0 bridgehead atoms. The highest BCUT2D eigenvalue weighted by Crippen LogP contribution is 2.34. The molecule has 146 valence electrons. The van der Waals surface area contributed by atoms with Crippen molar-refractivity contribution in [2.45, 2.75) is 38.5 Å². The fourth-order valence-corrected chi connectivity index (χ4v) is 2.42. The minimum absolute atomic E-state index is 0.145. The highest BCUT2D eigenvalue weighted by Gasteiger charge is 2.33. The minimum Gasteiger partial charge on any atom is -0.467 e. The van der Waals surface area contributed by atoms with Gasteiger partial charge in [0.1, 0.15) is 11.8 Å². The Hall–Kier alpha value is -2.97. The molecule has 3 N–H and O–H groups in total. The first kappa shape index (κ1) is 20.3. The maximum atomic E-state index is 13.0. The van der Waals surface area contributed by atoms with E-state index >= 15 is 0 Å². The summed E-state index contributed by atoms with van der Waals surface area (Å²) in [5.41, 5.74) is -1.34. The molecule has 0 spiro atoms. The van der Waals surface area contributed by atoms with Crippen LogP contribution in [0.4, 0.5) is 23.7 Å². The fraction of sp³-hybridized carbons (Fsp3) is 0.333. The van der Waals surface area contributed by atoms with E-state index in [1.807, 2.05) is 6.92 Å². The van der Waals surface area contributed by atoms with Crippen molar-refractivity contribution in [3.63, 3.8) is 0 Å². The fourth-order valence-electron chi connectivity index (χ4n) is 2.42. The first-order chi connectivity index (χ1) is 12.8. The van der Waals surface area contributed by atoms with Gasteiger partial charge in [-0.1, -0.05) is 25.5 Å². The highest BCUT2D eigenvalue weighted by molar-refractivity contribution is 5.94. The van der Waals surface area contributed by atoms with Crippen LogP contribution in [0.3, 0.4) is 0 Å². The molecule has 2 rings (SSSR count). The third-order valence-electron chi connectivity index (χ3n) is 3.70. The van der Waals surface area contributed by atoms with Crippen molar-refractivity contribution in [1.29, 1.82) is 0 Å². The number of para-hydroxylation sites is 1. The van der Waals surface area contributed by atoms with Gasteiger partial charge in [-0.2, -0.15) is 13.2 Å². The number of halogens is 3. The van der Waals surface area contributed by atoms with E-state index in [2.05, 4.69) is 16.0 Å². The molecule has 9 heteroatoms. The Labute approximate surface area is 154 Å². The number of rotatable bonds is 7. The van der Waals surface area contributed by atoms with Crippen molar-refractivity contribution in [3.8, 4) is 0 Å². The molecule has 2 aromatic rings. The standard InChI is InChI=1S/C18H20F3N3O3/c1-2-6-15(16(25)22-11-12-7-5-10-27-12)24-17(26)23-14-9-4-3-8-13(14)18(19,20)21/h3-5,7-10,15H,2,6,11H2,1H3,(H,22,25)(H2,23,24,26). The summed E-state index contributed by atoms with van der Waals surface area (Å²) in [6.45, 7) is 1.97. The lowest BCUT2D eigenvalue weighted by molar-refractivity contribution is -0.137. The zero-order valence-electron chi connectivity index (χ0n) is 14.6. The number of hydrogen-bond donors (Lipinski definition) is 3. The third kappa shape index (κ3) is 6.05. The monoisotopic (exact) mass is 383 g/mol. The lowest BCUT2D eigenvalue weighted by Gasteiger charge is -2.19. The zero-order chi connectivity index (χ0) is 19.9. The van der Waals surface area contributed by atoms with E-state index in [9.17, 15) is 22.8 Å². The predicted octanol–water partition coefficient (Wildman–Crippen LogP) is 3.91. The molecule has 3 amide bonds. The van der Waals surface area contributed by atoms with Gasteiger partial charge in [0, 0.05) is 0 Å². The van der Waals surface area contributed by atoms with Gasteiger partial charge in [0.05, 0.1) is 24.1 Å². The summed E-state index contributed by atoms with van der Waals surface area (Å²) in [5, 5.41) is 7.20. The molecule has 0 aliphatic heterocycles. The van der Waals surface area contributed by atoms with Crippen LogP contribution in [0.25, 0.3) is 0 Å². The molecule has 27 heavy (non-hydrogen) atoms. The molecular weight excluding hydrogens is 363 g/mol. The van der Waals surface area contributed by atoms with Crippen LogP contribution in [-0.4, -0.2) is 18.0 Å². The van der Waals surface area contributed by atoms with Crippen LogP contribution in [0, 0.1) is 0 Å². The molecule has 6 nitrogen and oxygen atoms in total. The summed E-state index contributed by atoms with van der Waals surface area (Å²) < 4.78 is 44.1. The summed E-state index contributed by atoms with van der Waals surface area (Å²) >= 11 is 0. The van der Waals surface area contributed by atoms with Crippen LogP contribution in [0.2, 0.25) is 0 Å². The summed E-state index contributed by atoms with van der Waals surface area (Å²) in [6, 6.07) is 6.21. The lowest BCUT2D eigenvalue weighted by atomic mass is 10.1. The predicted molar refractivity (Wildman–Crippen MR) is 92.8 cm³/mol. The van der Waals surface area contributed by atoms with Crippen molar-refractivity contribution in [1.82, 2.24) is 10.6 Å². The van der Waals surface area contributed by atoms with Gasteiger partial charge in [-0.3, -0.25) is 4.79 Å². The number of hydrogen-bond acceptors (Lipinski definition) is 3. The lowest BCUT2D eigenvalue weighted by Crippen LogP contribution is -2.48. The molecule has 0 aliphatic rings. The molecule has 0 radical (unpaired) electrons. The third-order valence-corrected chi connectivity index (χ3v) is 3.70. The maximum Gasteiger partial charge on any atom is 0.418 e. The molecule has 1 unspecified atom stereocenters. The van der Waals surface area contributed by atoms with Crippen LogP contribution in [0.15, 0.2) is 47.1 Å². The van der Waals surface area contributed by atoms with Gasteiger partial charge in [0.2, 0.25) is 5.91 Å². The normalized spacial score (nSPS) is 12.3. The van der Waals surface area contributed by atoms with Gasteiger partial charge in [0.25, 0.3) is 0 Å². The van der Waals surface area contributed by atoms with E-state index in [-0.39, 0.29) is 12.2 Å². The number of carbonyl (C=O) groups excluding carboxylic acids is 2. The molecule has 1 heterocycles. The summed E-state index contributed by atoms with van der Waals surface area (Å²) in [5.74, 6) is 0.0923. The molecular formula is C18H20F3N3O3. The van der Waals surface area contributed by atoms with Crippen LogP contribution in [0.1, 0.15) is 31.1 Å². The van der Waals surface area contributed by atoms with E-state index in [1.54, 1.807) is 12.1 Å². The largest absolute Gasteiger partial charge is 0.467 e. The van der Waals surface area contributed by atoms with E-state index in [1.165, 1.54) is 18.4 Å². The van der Waals surface area contributed by atoms with Gasteiger partial charge >= 0.3 is 12.2 Å². The molecule has 0 saturated heterocycles. The van der Waals surface area contributed by atoms with Crippen molar-refractivity contribution in [3.05, 3.63) is 54.0 Å². The molecule has 1 aromatic carbocycles. The second-order valence-corrected chi connectivity index (χ2v) is 5.78. The highest BCUT2D eigenvalue weighted by atomic mass is 19.4. The maximum absolute atomic E-state index is 13.0. The van der Waals surface area contributed by atoms with Crippen molar-refractivity contribution in [2.75, 3.05) is 5.32 Å². The molecule has 0 fully saturated rings. The van der Waals surface area contributed by atoms with Crippen molar-refractivity contribution >= 4 is 17.6 Å². The smallest absolute Gasteiger partial charge is 0.418 e. The van der Waals surface area contributed by atoms with Crippen LogP contribution < -0.4 is 16.0 Å². The van der Waals surface area contributed by atoms with E-state index in [0.29, 0.717) is 18.6 Å². The SMILES string of the molecule is CCCC(NC(=O)Nc1ccccc1C(F)(F)F)C(=O)NCc1ccco1. The van der Waals surface area contributed by atoms with Gasteiger partial charge in [-0.25, -0.2) is 4.79 Å². The van der Waals surface area contributed by atoms with Gasteiger partial charge < -0.3 is 20.4 Å². The van der Waals surface area contributed by atoms with Crippen LogP contribution in [0.5, 0.6) is 0 Å². The Balaban J connectivity index is 1.99. The molecule has 1 aromatic heterocycles. The second-order valence-electron chi connectivity index (χ2n) is 5.78. The van der Waals surface area contributed by atoms with Gasteiger partial charge in [0.15, 0.2) is 0 Å². The Morgan fingerprint density at radius 2 is 1.89 bits per heavy atom. The van der Waals surface area contributed by atoms with Gasteiger partial charge in [-0.15, -0.1) is 0 Å². The van der Waals surface area contributed by atoms with E-state index in [0.717, 1.165) is 12.1 Å². The number of alkyl halides is 3. The average Bonchev–Trinajstić information content (AvgIpc) is 3.12.